The lowest BCUT2D eigenvalue weighted by molar-refractivity contribution is 0.0549. The van der Waals surface area contributed by atoms with Crippen molar-refractivity contribution >= 4 is 29.5 Å². The highest BCUT2D eigenvalue weighted by molar-refractivity contribution is 6.33. The number of carboxylic acids is 1. The van der Waals surface area contributed by atoms with Crippen molar-refractivity contribution in [3.63, 3.8) is 0 Å². The Morgan fingerprint density at radius 1 is 0.857 bits per heavy atom. The molecule has 35 heavy (non-hydrogen) atoms. The number of carbonyl (C=O) groups is 3. The number of hydrogen-bond acceptors (Lipinski definition) is 6. The molecule has 1 N–H and O–H groups in total. The van der Waals surface area contributed by atoms with Crippen LogP contribution in [0.5, 0.6) is 0 Å². The third kappa shape index (κ3) is 4.39. The normalized spacial score (nSPS) is 10.6. The molecule has 0 aliphatic rings. The summed E-state index contributed by atoms with van der Waals surface area (Å²) in [6.07, 6.45) is 0. The molecule has 0 spiro atoms. The molecule has 0 amide bonds. The van der Waals surface area contributed by atoms with E-state index in [-0.39, 0.29) is 27.5 Å². The van der Waals surface area contributed by atoms with Gasteiger partial charge < -0.3 is 14.6 Å². The van der Waals surface area contributed by atoms with Gasteiger partial charge in [0.05, 0.1) is 30.5 Å². The van der Waals surface area contributed by atoms with Crippen LogP contribution in [0.3, 0.4) is 0 Å². The van der Waals surface area contributed by atoms with Crippen LogP contribution in [0.25, 0.3) is 28.1 Å². The van der Waals surface area contributed by atoms with Gasteiger partial charge in [-0.1, -0.05) is 60.1 Å². The Morgan fingerprint density at radius 3 is 2.09 bits per heavy atom. The number of benzene rings is 3. The zero-order valence-electron chi connectivity index (χ0n) is 18.7. The maximum Gasteiger partial charge on any atom is 0.357 e. The Kier molecular flexibility index (Phi) is 6.66. The average Bonchev–Trinajstić information content (AvgIpc) is 3.28. The van der Waals surface area contributed by atoms with E-state index in [4.69, 9.17) is 21.1 Å². The van der Waals surface area contributed by atoms with Gasteiger partial charge in [-0.15, -0.1) is 0 Å². The number of esters is 2. The van der Waals surface area contributed by atoms with Gasteiger partial charge >= 0.3 is 17.9 Å². The highest BCUT2D eigenvalue weighted by Crippen LogP contribution is 2.37. The monoisotopic (exact) mass is 490 g/mol. The fraction of sp³-hybridized carbons (Fsp3) is 0.0769. The Hall–Kier alpha value is -4.43. The fourth-order valence-corrected chi connectivity index (χ4v) is 4.00. The quantitative estimate of drug-likeness (QED) is 0.373. The smallest absolute Gasteiger partial charge is 0.357 e. The minimum absolute atomic E-state index is 0.0375. The number of halogens is 1. The average molecular weight is 491 g/mol. The van der Waals surface area contributed by atoms with Crippen molar-refractivity contribution in [2.45, 2.75) is 0 Å². The number of hydrogen-bond donors (Lipinski definition) is 1. The standard InChI is InChI=1S/C26H19ClN2O6/c1-34-25(32)21-22(28-29(23(21)26(33)35-2)16-8-4-3-5-9-16)18-11-7-6-10-17(18)15-12-13-19(24(30)31)20(27)14-15/h3-14H,1-2H3,(H,30,31). The minimum atomic E-state index is -1.15. The Balaban J connectivity index is 2.02. The number of methoxy groups -OCH3 is 2. The minimum Gasteiger partial charge on any atom is -0.478 e. The summed E-state index contributed by atoms with van der Waals surface area (Å²) in [6, 6.07) is 20.4. The highest BCUT2D eigenvalue weighted by atomic mass is 35.5. The molecule has 9 heteroatoms. The zero-order valence-corrected chi connectivity index (χ0v) is 19.4. The first kappa shape index (κ1) is 23.7. The fourth-order valence-electron chi connectivity index (χ4n) is 3.74. The number of para-hydroxylation sites is 1. The lowest BCUT2D eigenvalue weighted by Gasteiger charge is -2.11. The molecule has 1 aromatic heterocycles. The van der Waals surface area contributed by atoms with E-state index in [1.807, 2.05) is 6.07 Å². The summed E-state index contributed by atoms with van der Waals surface area (Å²) in [7, 11) is 2.43. The first-order valence-corrected chi connectivity index (χ1v) is 10.7. The SMILES string of the molecule is COC(=O)c1c(-c2ccccc2-c2ccc(C(=O)O)c(Cl)c2)nn(-c2ccccc2)c1C(=O)OC. The number of nitrogens with zero attached hydrogens (tertiary/aromatic N) is 2. The van der Waals surface area contributed by atoms with E-state index in [9.17, 15) is 19.5 Å². The van der Waals surface area contributed by atoms with E-state index < -0.39 is 17.9 Å². The van der Waals surface area contributed by atoms with Gasteiger partial charge in [0.1, 0.15) is 11.3 Å². The molecule has 1 heterocycles. The summed E-state index contributed by atoms with van der Waals surface area (Å²) < 4.78 is 11.3. The van der Waals surface area contributed by atoms with Crippen molar-refractivity contribution in [1.82, 2.24) is 9.78 Å². The van der Waals surface area contributed by atoms with Crippen LogP contribution in [0.1, 0.15) is 31.2 Å². The lowest BCUT2D eigenvalue weighted by Crippen LogP contribution is -2.15. The van der Waals surface area contributed by atoms with Gasteiger partial charge in [-0.3, -0.25) is 0 Å². The van der Waals surface area contributed by atoms with Crippen LogP contribution < -0.4 is 0 Å². The molecule has 4 aromatic rings. The predicted molar refractivity (Wildman–Crippen MR) is 129 cm³/mol. The van der Waals surface area contributed by atoms with Crippen molar-refractivity contribution in [2.75, 3.05) is 14.2 Å². The third-order valence-corrected chi connectivity index (χ3v) is 5.66. The van der Waals surface area contributed by atoms with E-state index in [0.717, 1.165) is 0 Å². The van der Waals surface area contributed by atoms with Crippen LogP contribution in [-0.4, -0.2) is 47.0 Å². The summed E-state index contributed by atoms with van der Waals surface area (Å²) >= 11 is 6.21. The van der Waals surface area contributed by atoms with Crippen molar-refractivity contribution in [1.29, 1.82) is 0 Å². The number of aromatic nitrogens is 2. The molecule has 0 aliphatic heterocycles. The molecule has 0 fully saturated rings. The first-order chi connectivity index (χ1) is 16.9. The van der Waals surface area contributed by atoms with Crippen molar-refractivity contribution in [3.05, 3.63) is 94.6 Å². The van der Waals surface area contributed by atoms with E-state index in [0.29, 0.717) is 22.4 Å². The highest BCUT2D eigenvalue weighted by Gasteiger charge is 2.32. The van der Waals surface area contributed by atoms with Crippen LogP contribution >= 0.6 is 11.6 Å². The number of ether oxygens (including phenoxy) is 2. The maximum absolute atomic E-state index is 12.9. The third-order valence-electron chi connectivity index (χ3n) is 5.35. The molecule has 3 aromatic carbocycles. The van der Waals surface area contributed by atoms with Crippen molar-refractivity contribution < 1.29 is 29.0 Å². The molecule has 0 saturated carbocycles. The van der Waals surface area contributed by atoms with Crippen LogP contribution in [0.4, 0.5) is 0 Å². The van der Waals surface area contributed by atoms with E-state index in [1.54, 1.807) is 54.6 Å². The van der Waals surface area contributed by atoms with Gasteiger partial charge in [0.2, 0.25) is 0 Å². The molecular weight excluding hydrogens is 472 g/mol. The molecule has 0 bridgehead atoms. The van der Waals surface area contributed by atoms with Crippen LogP contribution in [0.15, 0.2) is 72.8 Å². The molecule has 0 aliphatic carbocycles. The molecule has 0 radical (unpaired) electrons. The van der Waals surface area contributed by atoms with Gasteiger partial charge in [-0.2, -0.15) is 5.10 Å². The number of aromatic carboxylic acids is 1. The Bertz CT molecular complexity index is 1450. The number of rotatable bonds is 6. The van der Waals surface area contributed by atoms with Crippen LogP contribution in [0.2, 0.25) is 5.02 Å². The van der Waals surface area contributed by atoms with Crippen molar-refractivity contribution in [3.8, 4) is 28.1 Å². The second-order valence-electron chi connectivity index (χ2n) is 7.35. The molecule has 8 nitrogen and oxygen atoms in total. The first-order valence-electron chi connectivity index (χ1n) is 10.3. The molecule has 0 atom stereocenters. The lowest BCUT2D eigenvalue weighted by atomic mass is 9.94. The van der Waals surface area contributed by atoms with Gasteiger partial charge in [-0.05, 0) is 35.4 Å². The second kappa shape index (κ2) is 9.82. The van der Waals surface area contributed by atoms with Gasteiger partial charge in [0, 0.05) is 5.56 Å². The predicted octanol–water partition coefficient (Wildman–Crippen LogP) is 5.13. The number of carboxylic acid groups (broad SMARTS) is 1. The largest absolute Gasteiger partial charge is 0.478 e. The van der Waals surface area contributed by atoms with Gasteiger partial charge in [-0.25, -0.2) is 19.1 Å². The van der Waals surface area contributed by atoms with Crippen LogP contribution in [0, 0.1) is 0 Å². The van der Waals surface area contributed by atoms with Crippen LogP contribution in [-0.2, 0) is 9.47 Å². The summed E-state index contributed by atoms with van der Waals surface area (Å²) in [5.41, 5.74) is 2.26. The second-order valence-corrected chi connectivity index (χ2v) is 7.76. The molecule has 176 valence electrons. The summed E-state index contributed by atoms with van der Waals surface area (Å²) in [5, 5.41) is 14.0. The van der Waals surface area contributed by atoms with E-state index in [1.165, 1.54) is 31.0 Å². The Labute approximate surface area is 205 Å². The maximum atomic E-state index is 12.9. The summed E-state index contributed by atoms with van der Waals surface area (Å²) in [4.78, 5) is 37.2. The molecule has 0 unspecified atom stereocenters. The van der Waals surface area contributed by atoms with E-state index in [2.05, 4.69) is 5.10 Å². The van der Waals surface area contributed by atoms with Crippen molar-refractivity contribution in [2.24, 2.45) is 0 Å². The summed E-state index contributed by atoms with van der Waals surface area (Å²) in [6.45, 7) is 0. The summed E-state index contributed by atoms with van der Waals surface area (Å²) in [5.74, 6) is -2.68. The Morgan fingerprint density at radius 2 is 1.49 bits per heavy atom. The van der Waals surface area contributed by atoms with Gasteiger partial charge in [0.15, 0.2) is 5.69 Å². The van der Waals surface area contributed by atoms with Gasteiger partial charge in [0.25, 0.3) is 0 Å². The molecule has 4 rings (SSSR count). The molecule has 0 saturated heterocycles. The van der Waals surface area contributed by atoms with E-state index >= 15 is 0 Å². The number of carbonyl (C=O) groups excluding carboxylic acids is 2. The molecular formula is C26H19ClN2O6. The topological polar surface area (TPSA) is 108 Å². The zero-order chi connectivity index (χ0) is 25.1.